The highest BCUT2D eigenvalue weighted by molar-refractivity contribution is 7.47. The van der Waals surface area contributed by atoms with Gasteiger partial charge in [0.25, 0.3) is 0 Å². The normalized spacial score (nSPS) is 13.8. The third kappa shape index (κ3) is 60.6. The minimum atomic E-state index is -4.46. The number of likely N-dealkylation sites (N-methyl/N-ethyl adjacent to an activating group) is 1. The predicted molar refractivity (Wildman–Crippen MR) is 342 cm³/mol. The Balaban J connectivity index is 5.01. The van der Waals surface area contributed by atoms with E-state index >= 15 is 0 Å². The smallest absolute Gasteiger partial charge is 0.456 e. The highest BCUT2D eigenvalue weighted by Gasteiger charge is 2.30. The Kier molecular flexibility index (Phi) is 58.1. The Bertz CT molecular complexity index is 1450. The van der Waals surface area contributed by atoms with Crippen LogP contribution in [0.15, 0.2) is 36.5 Å². The zero-order valence-corrected chi connectivity index (χ0v) is 54.3. The van der Waals surface area contributed by atoms with E-state index in [1.807, 2.05) is 39.4 Å². The number of carbonyl (C=O) groups is 2. The number of phosphoric acid groups is 1. The first-order valence-electron chi connectivity index (χ1n) is 34.3. The molecule has 466 valence electrons. The molecule has 0 aromatic carbocycles. The Morgan fingerprint density at radius 2 is 0.785 bits per heavy atom. The summed E-state index contributed by atoms with van der Waals surface area (Å²) in [6.45, 7) is 7.01. The number of allylic oxidation sites excluding steroid dienone is 5. The number of nitrogens with one attached hydrogen (secondary N) is 1. The second kappa shape index (κ2) is 59.4. The molecule has 9 nitrogen and oxygen atoms in total. The van der Waals surface area contributed by atoms with Crippen LogP contribution in [0, 0.1) is 0 Å². The summed E-state index contributed by atoms with van der Waals surface area (Å²) in [5.41, 5.74) is 0. The minimum absolute atomic E-state index is 0.0335. The van der Waals surface area contributed by atoms with E-state index in [2.05, 4.69) is 44.3 Å². The molecule has 0 saturated carbocycles. The number of unbranched alkanes of at least 4 members (excludes halogenated alkanes) is 43. The number of hydrogen-bond acceptors (Lipinski definition) is 6. The van der Waals surface area contributed by atoms with E-state index in [9.17, 15) is 19.0 Å². The molecule has 0 heterocycles. The van der Waals surface area contributed by atoms with Crippen molar-refractivity contribution in [1.82, 2.24) is 5.32 Å². The standard InChI is InChI=1S/C69H133N2O7P/c1-7-10-13-16-19-22-25-28-29-30-31-32-33-34-35-36-37-38-39-40-41-44-47-50-53-56-59-62-69(73)78-67(60-57-54-51-48-45-42-26-23-20-17-14-11-8-2)66(65-77-79(74,75)76-64-63-71(4,5)6)70-68(72)61-58-55-52-49-46-43-27-24-21-18-15-12-9-3/h43,46,52,55,57,60,66-67H,7-42,44-45,47-51,53-54,56,58-59,61-65H2,1-6H3,(H-,70,72,74,75)/p+1/b46-43-,55-52+,60-57-. The van der Waals surface area contributed by atoms with Crippen molar-refractivity contribution in [2.45, 2.75) is 354 Å². The maximum atomic E-state index is 13.5. The Hall–Kier alpha value is -1.77. The predicted octanol–water partition coefficient (Wildman–Crippen LogP) is 21.5. The molecule has 0 aliphatic carbocycles. The maximum Gasteiger partial charge on any atom is 0.472 e. The van der Waals surface area contributed by atoms with Crippen LogP contribution in [-0.4, -0.2) is 74.3 Å². The summed E-state index contributed by atoms with van der Waals surface area (Å²) < 4.78 is 30.7. The number of quaternary nitrogens is 1. The zero-order valence-electron chi connectivity index (χ0n) is 53.4. The molecular formula is C69H134N2O7P+. The fraction of sp³-hybridized carbons (Fsp3) is 0.884. The monoisotopic (exact) mass is 1130 g/mol. The molecule has 0 bridgehead atoms. The van der Waals surface area contributed by atoms with E-state index in [0.717, 1.165) is 51.4 Å². The van der Waals surface area contributed by atoms with Crippen molar-refractivity contribution in [3.63, 3.8) is 0 Å². The fourth-order valence-corrected chi connectivity index (χ4v) is 11.0. The van der Waals surface area contributed by atoms with Gasteiger partial charge in [-0.15, -0.1) is 0 Å². The molecule has 0 aliphatic heterocycles. The van der Waals surface area contributed by atoms with E-state index in [-0.39, 0.29) is 37.9 Å². The van der Waals surface area contributed by atoms with Crippen LogP contribution in [0.4, 0.5) is 0 Å². The summed E-state index contributed by atoms with van der Waals surface area (Å²) in [5, 5.41) is 3.02. The van der Waals surface area contributed by atoms with Gasteiger partial charge in [-0.3, -0.25) is 18.6 Å². The molecule has 3 unspecified atom stereocenters. The molecule has 0 aliphatic rings. The minimum Gasteiger partial charge on any atom is -0.456 e. The lowest BCUT2D eigenvalue weighted by Crippen LogP contribution is -2.47. The van der Waals surface area contributed by atoms with E-state index in [0.29, 0.717) is 17.4 Å². The van der Waals surface area contributed by atoms with E-state index in [1.165, 1.54) is 250 Å². The number of nitrogens with zero attached hydrogens (tertiary/aromatic N) is 1. The molecule has 10 heteroatoms. The van der Waals surface area contributed by atoms with Gasteiger partial charge < -0.3 is 19.4 Å². The third-order valence-electron chi connectivity index (χ3n) is 15.6. The summed E-state index contributed by atoms with van der Waals surface area (Å²) in [6.07, 6.45) is 73.3. The molecule has 1 amide bonds. The second-order valence-corrected chi connectivity index (χ2v) is 26.2. The van der Waals surface area contributed by atoms with Crippen LogP contribution in [0.3, 0.4) is 0 Å². The van der Waals surface area contributed by atoms with Crippen LogP contribution in [0.25, 0.3) is 0 Å². The summed E-state index contributed by atoms with van der Waals surface area (Å²) in [6, 6.07) is -0.875. The Labute approximate surface area is 491 Å². The number of ether oxygens (including phenoxy) is 1. The van der Waals surface area contributed by atoms with Gasteiger partial charge >= 0.3 is 13.8 Å². The van der Waals surface area contributed by atoms with Crippen molar-refractivity contribution in [3.05, 3.63) is 36.5 Å². The summed E-state index contributed by atoms with van der Waals surface area (Å²) in [7, 11) is 1.48. The van der Waals surface area contributed by atoms with Gasteiger partial charge in [-0.25, -0.2) is 4.57 Å². The van der Waals surface area contributed by atoms with Crippen LogP contribution in [-0.2, 0) is 27.9 Å². The zero-order chi connectivity index (χ0) is 57.9. The number of rotatable bonds is 63. The molecule has 0 rings (SSSR count). The topological polar surface area (TPSA) is 111 Å². The van der Waals surface area contributed by atoms with Gasteiger partial charge in [0.2, 0.25) is 5.91 Å². The van der Waals surface area contributed by atoms with Crippen LogP contribution in [0.2, 0.25) is 0 Å². The number of amides is 1. The molecule has 0 spiro atoms. The van der Waals surface area contributed by atoms with Crippen molar-refractivity contribution in [2.24, 2.45) is 0 Å². The van der Waals surface area contributed by atoms with Gasteiger partial charge in [0, 0.05) is 12.8 Å². The summed E-state index contributed by atoms with van der Waals surface area (Å²) in [5.74, 6) is -0.567. The van der Waals surface area contributed by atoms with Gasteiger partial charge in [-0.05, 0) is 51.0 Å². The molecule has 0 aromatic heterocycles. The molecule has 0 saturated heterocycles. The van der Waals surface area contributed by atoms with Crippen LogP contribution >= 0.6 is 7.82 Å². The van der Waals surface area contributed by atoms with Crippen LogP contribution in [0.1, 0.15) is 342 Å². The average molecular weight is 1130 g/mol. The summed E-state index contributed by atoms with van der Waals surface area (Å²) >= 11 is 0. The van der Waals surface area contributed by atoms with E-state index < -0.39 is 20.0 Å². The SMILES string of the molecule is CCCCCCCC/C=C\C/C=C/CCC(=O)NC(COP(=O)(O)OCC[N+](C)(C)C)C(/C=C\CCCCCCCCCCCCC)OC(=O)CCCCCCCCCCCCCCCCCCCCCCCCCCCCC. The first-order valence-corrected chi connectivity index (χ1v) is 35.8. The lowest BCUT2D eigenvalue weighted by molar-refractivity contribution is -0.870. The molecule has 3 atom stereocenters. The average Bonchev–Trinajstić information content (AvgIpc) is 3.41. The van der Waals surface area contributed by atoms with Gasteiger partial charge in [-0.2, -0.15) is 0 Å². The van der Waals surface area contributed by atoms with E-state index in [4.69, 9.17) is 13.8 Å². The molecule has 0 aromatic rings. The third-order valence-corrected chi connectivity index (χ3v) is 16.6. The summed E-state index contributed by atoms with van der Waals surface area (Å²) in [4.78, 5) is 37.7. The highest BCUT2D eigenvalue weighted by Crippen LogP contribution is 2.43. The molecule has 2 N–H and O–H groups in total. The van der Waals surface area contributed by atoms with Crippen molar-refractivity contribution in [1.29, 1.82) is 0 Å². The highest BCUT2D eigenvalue weighted by atomic mass is 31.2. The Morgan fingerprint density at radius 1 is 0.443 bits per heavy atom. The second-order valence-electron chi connectivity index (χ2n) is 24.7. The largest absolute Gasteiger partial charge is 0.472 e. The van der Waals surface area contributed by atoms with Crippen molar-refractivity contribution < 1.29 is 37.3 Å². The lowest BCUT2D eigenvalue weighted by atomic mass is 10.0. The fourth-order valence-electron chi connectivity index (χ4n) is 10.3. The molecule has 0 fully saturated rings. The van der Waals surface area contributed by atoms with Gasteiger partial charge in [0.1, 0.15) is 19.3 Å². The number of esters is 1. The van der Waals surface area contributed by atoms with Crippen molar-refractivity contribution in [2.75, 3.05) is 40.9 Å². The number of hydrogen-bond donors (Lipinski definition) is 2. The first-order chi connectivity index (χ1) is 38.4. The molecule has 0 radical (unpaired) electrons. The maximum absolute atomic E-state index is 13.5. The molecular weight excluding hydrogens is 1000 g/mol. The van der Waals surface area contributed by atoms with Gasteiger partial charge in [0.05, 0.1) is 33.8 Å². The quantitative estimate of drug-likeness (QED) is 0.0205. The van der Waals surface area contributed by atoms with E-state index in [1.54, 1.807) is 0 Å². The Morgan fingerprint density at radius 3 is 1.16 bits per heavy atom. The number of carbonyl (C=O) groups excluding carboxylic acids is 2. The first kappa shape index (κ1) is 77.2. The van der Waals surface area contributed by atoms with Gasteiger partial charge in [-0.1, -0.05) is 314 Å². The molecule has 79 heavy (non-hydrogen) atoms. The van der Waals surface area contributed by atoms with Crippen LogP contribution < -0.4 is 5.32 Å². The van der Waals surface area contributed by atoms with Crippen LogP contribution in [0.5, 0.6) is 0 Å². The van der Waals surface area contributed by atoms with Gasteiger partial charge in [0.15, 0.2) is 0 Å². The van der Waals surface area contributed by atoms with Crippen molar-refractivity contribution >= 4 is 19.7 Å². The lowest BCUT2D eigenvalue weighted by Gasteiger charge is -2.27. The number of phosphoric ester groups is 1. The van der Waals surface area contributed by atoms with Crippen molar-refractivity contribution in [3.8, 4) is 0 Å².